The van der Waals surface area contributed by atoms with Crippen LogP contribution >= 0.6 is 0 Å². The SMILES string of the molecule is O=C(O)Cc1ccc(CN2CCC(c3ccc4c(c3)CN(C3CCC(=O)NC3=O)C4=O)CC2)cc1. The molecule has 8 nitrogen and oxygen atoms in total. The number of piperidine rings is 2. The summed E-state index contributed by atoms with van der Waals surface area (Å²) in [4.78, 5) is 51.5. The number of nitrogens with zero attached hydrogens (tertiary/aromatic N) is 2. The van der Waals surface area contributed by atoms with Gasteiger partial charge in [0.2, 0.25) is 11.8 Å². The van der Waals surface area contributed by atoms with Gasteiger partial charge in [0.15, 0.2) is 0 Å². The van der Waals surface area contributed by atoms with Crippen molar-refractivity contribution in [3.63, 3.8) is 0 Å². The quantitative estimate of drug-likeness (QED) is 0.622. The Morgan fingerprint density at radius 1 is 0.971 bits per heavy atom. The lowest BCUT2D eigenvalue weighted by molar-refractivity contribution is -0.137. The van der Waals surface area contributed by atoms with Crippen molar-refractivity contribution in [2.24, 2.45) is 0 Å². The van der Waals surface area contributed by atoms with Crippen molar-refractivity contribution in [1.29, 1.82) is 0 Å². The summed E-state index contributed by atoms with van der Waals surface area (Å²) in [5.74, 6) is -1.19. The van der Waals surface area contributed by atoms with Crippen LogP contribution in [0.1, 0.15) is 64.2 Å². The molecular weight excluding hydrogens is 446 g/mol. The third-order valence-corrected chi connectivity index (χ3v) is 7.39. The van der Waals surface area contributed by atoms with Gasteiger partial charge in [-0.05, 0) is 66.6 Å². The second-order valence-corrected chi connectivity index (χ2v) is 9.75. The molecule has 0 aromatic heterocycles. The first-order chi connectivity index (χ1) is 16.9. The van der Waals surface area contributed by atoms with Crippen LogP contribution in [0.15, 0.2) is 42.5 Å². The molecule has 0 bridgehead atoms. The zero-order valence-electron chi connectivity index (χ0n) is 19.5. The molecule has 2 saturated heterocycles. The van der Waals surface area contributed by atoms with Gasteiger partial charge < -0.3 is 10.0 Å². The number of carboxylic acid groups (broad SMARTS) is 1. The van der Waals surface area contributed by atoms with Gasteiger partial charge in [0, 0.05) is 25.1 Å². The summed E-state index contributed by atoms with van der Waals surface area (Å²) >= 11 is 0. The summed E-state index contributed by atoms with van der Waals surface area (Å²) in [7, 11) is 0. The molecule has 8 heteroatoms. The molecule has 1 atom stereocenters. The van der Waals surface area contributed by atoms with Crippen LogP contribution in [0.25, 0.3) is 0 Å². The number of fused-ring (bicyclic) bond motifs is 1. The van der Waals surface area contributed by atoms with E-state index in [-0.39, 0.29) is 30.6 Å². The predicted molar refractivity (Wildman–Crippen MR) is 128 cm³/mol. The van der Waals surface area contributed by atoms with Crippen molar-refractivity contribution in [3.05, 3.63) is 70.3 Å². The Morgan fingerprint density at radius 2 is 1.69 bits per heavy atom. The molecule has 2 aromatic carbocycles. The van der Waals surface area contributed by atoms with Gasteiger partial charge in [-0.1, -0.05) is 36.4 Å². The van der Waals surface area contributed by atoms with E-state index in [9.17, 15) is 19.2 Å². The maximum Gasteiger partial charge on any atom is 0.307 e. The van der Waals surface area contributed by atoms with E-state index in [0.29, 0.717) is 24.4 Å². The number of carbonyl (C=O) groups is 4. The van der Waals surface area contributed by atoms with Crippen molar-refractivity contribution in [3.8, 4) is 0 Å². The number of carboxylic acids is 1. The molecule has 5 rings (SSSR count). The third-order valence-electron chi connectivity index (χ3n) is 7.39. The fourth-order valence-corrected chi connectivity index (χ4v) is 5.47. The topological polar surface area (TPSA) is 107 Å². The van der Waals surface area contributed by atoms with Crippen LogP contribution in [0.3, 0.4) is 0 Å². The van der Waals surface area contributed by atoms with Crippen LogP contribution in [0.5, 0.6) is 0 Å². The minimum Gasteiger partial charge on any atom is -0.481 e. The van der Waals surface area contributed by atoms with Gasteiger partial charge in [-0.15, -0.1) is 0 Å². The number of carbonyl (C=O) groups excluding carboxylic acids is 3. The maximum absolute atomic E-state index is 12.9. The molecule has 0 radical (unpaired) electrons. The van der Waals surface area contributed by atoms with Gasteiger partial charge in [0.05, 0.1) is 6.42 Å². The molecule has 0 saturated carbocycles. The van der Waals surface area contributed by atoms with E-state index in [4.69, 9.17) is 5.11 Å². The fourth-order valence-electron chi connectivity index (χ4n) is 5.47. The van der Waals surface area contributed by atoms with Crippen molar-refractivity contribution >= 4 is 23.7 Å². The number of amides is 3. The maximum atomic E-state index is 12.9. The summed E-state index contributed by atoms with van der Waals surface area (Å²) in [6.45, 7) is 3.20. The second kappa shape index (κ2) is 9.62. The highest BCUT2D eigenvalue weighted by atomic mass is 16.4. The Balaban J connectivity index is 1.18. The van der Waals surface area contributed by atoms with E-state index in [0.717, 1.165) is 43.6 Å². The molecule has 2 aromatic rings. The summed E-state index contributed by atoms with van der Waals surface area (Å²) in [6.07, 6.45) is 2.73. The van der Waals surface area contributed by atoms with Crippen molar-refractivity contribution in [2.45, 2.75) is 57.2 Å². The number of likely N-dealkylation sites (tertiary alicyclic amines) is 1. The molecule has 1 unspecified atom stereocenters. The van der Waals surface area contributed by atoms with Gasteiger partial charge in [0.25, 0.3) is 5.91 Å². The Morgan fingerprint density at radius 3 is 2.37 bits per heavy atom. The minimum atomic E-state index is -0.820. The molecule has 182 valence electrons. The largest absolute Gasteiger partial charge is 0.481 e. The summed E-state index contributed by atoms with van der Waals surface area (Å²) in [6, 6.07) is 13.3. The Kier molecular flexibility index (Phi) is 6.38. The van der Waals surface area contributed by atoms with E-state index in [1.54, 1.807) is 4.90 Å². The first-order valence-corrected chi connectivity index (χ1v) is 12.2. The molecule has 0 aliphatic carbocycles. The van der Waals surface area contributed by atoms with E-state index < -0.39 is 12.0 Å². The minimum absolute atomic E-state index is 0.0450. The van der Waals surface area contributed by atoms with Crippen LogP contribution in [-0.4, -0.2) is 57.7 Å². The van der Waals surface area contributed by atoms with Crippen LogP contribution < -0.4 is 5.32 Å². The number of hydrogen-bond donors (Lipinski definition) is 2. The highest BCUT2D eigenvalue weighted by Crippen LogP contribution is 2.34. The number of aliphatic carboxylic acids is 1. The number of nitrogens with one attached hydrogen (secondary N) is 1. The molecule has 2 N–H and O–H groups in total. The molecule has 35 heavy (non-hydrogen) atoms. The lowest BCUT2D eigenvalue weighted by Crippen LogP contribution is -2.52. The zero-order chi connectivity index (χ0) is 24.5. The standard InChI is InChI=1S/C27H29N3O5/c31-24-8-7-23(26(34)28-24)30-16-21-14-20(5-6-22(21)27(30)35)19-9-11-29(12-10-19)15-18-3-1-17(2-4-18)13-25(32)33/h1-6,14,19,23H,7-13,15-16H2,(H,32,33)(H,28,31,34). The molecule has 3 amide bonds. The van der Waals surface area contributed by atoms with Gasteiger partial charge in [0.1, 0.15) is 6.04 Å². The lowest BCUT2D eigenvalue weighted by Gasteiger charge is -2.32. The van der Waals surface area contributed by atoms with Gasteiger partial charge in [-0.2, -0.15) is 0 Å². The average molecular weight is 476 g/mol. The van der Waals surface area contributed by atoms with Crippen molar-refractivity contribution < 1.29 is 24.3 Å². The zero-order valence-corrected chi connectivity index (χ0v) is 19.5. The normalized spacial score (nSPS) is 21.2. The summed E-state index contributed by atoms with van der Waals surface area (Å²) in [5.41, 5.74) is 4.84. The van der Waals surface area contributed by atoms with Gasteiger partial charge >= 0.3 is 5.97 Å². The smallest absolute Gasteiger partial charge is 0.307 e. The van der Waals surface area contributed by atoms with Crippen molar-refractivity contribution in [2.75, 3.05) is 13.1 Å². The molecule has 3 heterocycles. The van der Waals surface area contributed by atoms with E-state index >= 15 is 0 Å². The van der Waals surface area contributed by atoms with E-state index in [1.165, 1.54) is 11.1 Å². The summed E-state index contributed by atoms with van der Waals surface area (Å²) in [5, 5.41) is 11.3. The Bertz CT molecular complexity index is 1170. The Labute approximate surface area is 203 Å². The van der Waals surface area contributed by atoms with E-state index in [1.807, 2.05) is 36.4 Å². The number of benzene rings is 2. The third kappa shape index (κ3) is 4.98. The molecule has 3 aliphatic heterocycles. The first-order valence-electron chi connectivity index (χ1n) is 12.2. The second-order valence-electron chi connectivity index (χ2n) is 9.75. The van der Waals surface area contributed by atoms with Crippen molar-refractivity contribution in [1.82, 2.24) is 15.1 Å². The first kappa shape index (κ1) is 23.2. The predicted octanol–water partition coefficient (Wildman–Crippen LogP) is 2.45. The molecule has 2 fully saturated rings. The van der Waals surface area contributed by atoms with Gasteiger partial charge in [-0.3, -0.25) is 29.4 Å². The number of hydrogen-bond acceptors (Lipinski definition) is 5. The van der Waals surface area contributed by atoms with Crippen LogP contribution in [0.4, 0.5) is 0 Å². The lowest BCUT2D eigenvalue weighted by atomic mass is 9.87. The highest BCUT2D eigenvalue weighted by Gasteiger charge is 2.39. The molecule has 3 aliphatic rings. The monoisotopic (exact) mass is 475 g/mol. The number of imide groups is 1. The fraction of sp³-hybridized carbons (Fsp3) is 0.407. The molecular formula is C27H29N3O5. The Hall–Kier alpha value is -3.52. The van der Waals surface area contributed by atoms with Gasteiger partial charge in [-0.25, -0.2) is 0 Å². The van der Waals surface area contributed by atoms with Crippen LogP contribution in [-0.2, 0) is 33.9 Å². The average Bonchev–Trinajstić information content (AvgIpc) is 3.16. The summed E-state index contributed by atoms with van der Waals surface area (Å²) < 4.78 is 0. The highest BCUT2D eigenvalue weighted by molar-refractivity contribution is 6.05. The number of rotatable bonds is 6. The van der Waals surface area contributed by atoms with Crippen LogP contribution in [0, 0.1) is 0 Å². The molecule has 0 spiro atoms. The van der Waals surface area contributed by atoms with E-state index in [2.05, 4.69) is 16.3 Å². The van der Waals surface area contributed by atoms with Crippen LogP contribution in [0.2, 0.25) is 0 Å².